The molecule has 0 saturated heterocycles. The van der Waals surface area contributed by atoms with Gasteiger partial charge in [0.05, 0.1) is 28.8 Å². The van der Waals surface area contributed by atoms with E-state index in [0.717, 1.165) is 10.7 Å². The van der Waals surface area contributed by atoms with Crippen molar-refractivity contribution in [2.75, 3.05) is 11.0 Å². The Morgan fingerprint density at radius 2 is 1.84 bits per heavy atom. The maximum atomic E-state index is 13.4. The van der Waals surface area contributed by atoms with E-state index in [2.05, 4.69) is 9.82 Å². The third kappa shape index (κ3) is 4.46. The van der Waals surface area contributed by atoms with Gasteiger partial charge in [0.25, 0.3) is 10.0 Å². The molecule has 0 amide bonds. The predicted octanol–water partition coefficient (Wildman–Crippen LogP) is 3.84. The zero-order valence-corrected chi connectivity index (χ0v) is 18.7. The summed E-state index contributed by atoms with van der Waals surface area (Å²) < 4.78 is 59.3. The molecule has 0 bridgehead atoms. The Hall–Kier alpha value is -2.82. The molecular formula is C20H18ClN3O5S2. The number of sulfonamides is 2. The van der Waals surface area contributed by atoms with E-state index >= 15 is 0 Å². The zero-order valence-electron chi connectivity index (χ0n) is 16.3. The molecule has 1 atom stereocenters. The number of hydrogen-bond acceptors (Lipinski definition) is 6. The van der Waals surface area contributed by atoms with Crippen LogP contribution in [-0.2, 0) is 20.0 Å². The number of hydrogen-bond donors (Lipinski definition) is 1. The summed E-state index contributed by atoms with van der Waals surface area (Å²) in [6.45, 7) is 0. The molecule has 1 aliphatic heterocycles. The van der Waals surface area contributed by atoms with E-state index in [1.807, 2.05) is 0 Å². The minimum Gasteiger partial charge on any atom is -0.467 e. The fraction of sp³-hybridized carbons (Fsp3) is 0.150. The highest BCUT2D eigenvalue weighted by Gasteiger charge is 2.39. The maximum absolute atomic E-state index is 13.4. The van der Waals surface area contributed by atoms with Gasteiger partial charge in [-0.1, -0.05) is 35.9 Å². The highest BCUT2D eigenvalue weighted by atomic mass is 35.5. The van der Waals surface area contributed by atoms with E-state index in [4.69, 9.17) is 16.0 Å². The van der Waals surface area contributed by atoms with Crippen LogP contribution >= 0.6 is 11.6 Å². The fourth-order valence-corrected chi connectivity index (χ4v) is 5.62. The van der Waals surface area contributed by atoms with Gasteiger partial charge in [0.15, 0.2) is 0 Å². The summed E-state index contributed by atoms with van der Waals surface area (Å²) in [6.07, 6.45) is 2.69. The molecule has 0 unspecified atom stereocenters. The predicted molar refractivity (Wildman–Crippen MR) is 118 cm³/mol. The Bertz CT molecular complexity index is 1350. The normalized spacial score (nSPS) is 16.9. The standard InChI is InChI=1S/C20H18ClN3O5S2/c1-30(25,26)23-17-9-3-2-8-16(17)18-13-19(20-10-5-11-29-20)24(22-18)31(27,28)15-7-4-6-14(21)12-15/h2-12,19,23H,13H2,1H3/t19-/m0/s1. The molecule has 4 rings (SSSR count). The molecule has 2 aromatic carbocycles. The van der Waals surface area contributed by atoms with Crippen molar-refractivity contribution in [3.8, 4) is 0 Å². The quantitative estimate of drug-likeness (QED) is 0.577. The van der Waals surface area contributed by atoms with Crippen LogP contribution in [0, 0.1) is 0 Å². The second-order valence-electron chi connectivity index (χ2n) is 6.94. The van der Waals surface area contributed by atoms with Gasteiger partial charge < -0.3 is 4.42 Å². The van der Waals surface area contributed by atoms with Crippen molar-refractivity contribution in [1.29, 1.82) is 0 Å². The van der Waals surface area contributed by atoms with Gasteiger partial charge in [-0.05, 0) is 36.4 Å². The Kier molecular flexibility index (Phi) is 5.54. The average molecular weight is 480 g/mol. The molecule has 0 spiro atoms. The van der Waals surface area contributed by atoms with Crippen molar-refractivity contribution in [2.45, 2.75) is 17.4 Å². The summed E-state index contributed by atoms with van der Waals surface area (Å²) in [5, 5.41) is 4.67. The molecule has 0 saturated carbocycles. The third-order valence-corrected chi connectivity index (χ3v) is 7.12. The van der Waals surface area contributed by atoms with Gasteiger partial charge in [-0.2, -0.15) is 17.9 Å². The van der Waals surface area contributed by atoms with Crippen LogP contribution in [0.15, 0.2) is 81.3 Å². The summed E-state index contributed by atoms with van der Waals surface area (Å²) in [4.78, 5) is -0.0101. The first-order chi connectivity index (χ1) is 14.6. The minimum atomic E-state index is -4.06. The molecule has 162 valence electrons. The summed E-state index contributed by atoms with van der Waals surface area (Å²) >= 11 is 6.00. The van der Waals surface area contributed by atoms with Gasteiger partial charge in [0.2, 0.25) is 10.0 Å². The topological polar surface area (TPSA) is 109 Å². The number of halogens is 1. The first-order valence-corrected chi connectivity index (χ1v) is 12.8. The molecule has 8 nitrogen and oxygen atoms in total. The van der Waals surface area contributed by atoms with Gasteiger partial charge in [0, 0.05) is 17.0 Å². The molecule has 2 heterocycles. The van der Waals surface area contributed by atoms with Crippen molar-refractivity contribution in [3.63, 3.8) is 0 Å². The first-order valence-electron chi connectivity index (χ1n) is 9.13. The van der Waals surface area contributed by atoms with E-state index in [1.54, 1.807) is 48.5 Å². The smallest absolute Gasteiger partial charge is 0.279 e. The summed E-state index contributed by atoms with van der Waals surface area (Å²) in [5.41, 5.74) is 1.19. The molecule has 0 aliphatic carbocycles. The number of benzene rings is 2. The SMILES string of the molecule is CS(=O)(=O)Nc1ccccc1C1=NN(S(=O)(=O)c2cccc(Cl)c2)[C@H](c2ccco2)C1. The van der Waals surface area contributed by atoms with Crippen molar-refractivity contribution in [2.24, 2.45) is 5.10 Å². The highest BCUT2D eigenvalue weighted by molar-refractivity contribution is 7.92. The van der Waals surface area contributed by atoms with Gasteiger partial charge in [-0.15, -0.1) is 0 Å². The number of hydrazone groups is 1. The average Bonchev–Trinajstić information content (AvgIpc) is 3.37. The summed E-state index contributed by atoms with van der Waals surface area (Å²) in [6, 6.07) is 15.2. The van der Waals surface area contributed by atoms with E-state index in [0.29, 0.717) is 22.7 Å². The Labute approximate surface area is 185 Å². The van der Waals surface area contributed by atoms with Crippen LogP contribution in [-0.4, -0.2) is 33.2 Å². The molecule has 0 radical (unpaired) electrons. The van der Waals surface area contributed by atoms with Gasteiger partial charge in [-0.3, -0.25) is 4.72 Å². The number of furan rings is 1. The van der Waals surface area contributed by atoms with Crippen LogP contribution in [0.4, 0.5) is 5.69 Å². The third-order valence-electron chi connectivity index (χ3n) is 4.62. The van der Waals surface area contributed by atoms with Crippen LogP contribution in [0.25, 0.3) is 0 Å². The second-order valence-corrected chi connectivity index (χ2v) is 10.9. The number of nitrogens with zero attached hydrogens (tertiary/aromatic N) is 2. The van der Waals surface area contributed by atoms with E-state index < -0.39 is 26.1 Å². The lowest BCUT2D eigenvalue weighted by Gasteiger charge is -2.21. The van der Waals surface area contributed by atoms with Crippen molar-refractivity contribution in [3.05, 3.63) is 83.3 Å². The second kappa shape index (κ2) is 8.03. The molecule has 31 heavy (non-hydrogen) atoms. The number of rotatable bonds is 6. The van der Waals surface area contributed by atoms with Crippen molar-refractivity contribution >= 4 is 43.0 Å². The number of para-hydroxylation sites is 1. The van der Waals surface area contributed by atoms with Crippen LogP contribution in [0.2, 0.25) is 5.02 Å². The molecule has 1 N–H and O–H groups in total. The summed E-state index contributed by atoms with van der Waals surface area (Å²) in [5.74, 6) is 0.415. The lowest BCUT2D eigenvalue weighted by Crippen LogP contribution is -2.27. The number of nitrogens with one attached hydrogen (secondary N) is 1. The van der Waals surface area contributed by atoms with Crippen LogP contribution < -0.4 is 4.72 Å². The van der Waals surface area contributed by atoms with E-state index in [9.17, 15) is 16.8 Å². The van der Waals surface area contributed by atoms with Crippen LogP contribution in [0.1, 0.15) is 23.8 Å². The molecule has 3 aromatic rings. The van der Waals surface area contributed by atoms with Crippen LogP contribution in [0.5, 0.6) is 0 Å². The van der Waals surface area contributed by atoms with E-state index in [-0.39, 0.29) is 16.3 Å². The monoisotopic (exact) mass is 479 g/mol. The van der Waals surface area contributed by atoms with Gasteiger partial charge in [-0.25, -0.2) is 8.42 Å². The lowest BCUT2D eigenvalue weighted by molar-refractivity contribution is 0.320. The maximum Gasteiger partial charge on any atom is 0.279 e. The number of anilines is 1. The fourth-order valence-electron chi connectivity index (χ4n) is 3.33. The van der Waals surface area contributed by atoms with E-state index in [1.165, 1.54) is 18.4 Å². The Morgan fingerprint density at radius 1 is 1.06 bits per heavy atom. The van der Waals surface area contributed by atoms with Gasteiger partial charge in [0.1, 0.15) is 11.8 Å². The molecule has 11 heteroatoms. The Morgan fingerprint density at radius 3 is 2.52 bits per heavy atom. The van der Waals surface area contributed by atoms with Crippen LogP contribution in [0.3, 0.4) is 0 Å². The lowest BCUT2D eigenvalue weighted by atomic mass is 10.0. The summed E-state index contributed by atoms with van der Waals surface area (Å²) in [7, 11) is -7.61. The van der Waals surface area contributed by atoms with Crippen molar-refractivity contribution < 1.29 is 21.3 Å². The Balaban J connectivity index is 1.82. The largest absolute Gasteiger partial charge is 0.467 e. The minimum absolute atomic E-state index is 0.0101. The highest BCUT2D eigenvalue weighted by Crippen LogP contribution is 2.38. The molecule has 1 aromatic heterocycles. The van der Waals surface area contributed by atoms with Crippen molar-refractivity contribution in [1.82, 2.24) is 4.41 Å². The molecular weight excluding hydrogens is 462 g/mol. The molecule has 1 aliphatic rings. The van der Waals surface area contributed by atoms with Gasteiger partial charge >= 0.3 is 0 Å². The zero-order chi connectivity index (χ0) is 22.2. The first kappa shape index (κ1) is 21.4. The molecule has 0 fully saturated rings.